The number of aryl methyl sites for hydroxylation is 3. The summed E-state index contributed by atoms with van der Waals surface area (Å²) in [6.45, 7) is 4.09. The predicted molar refractivity (Wildman–Crippen MR) is 67.2 cm³/mol. The van der Waals surface area contributed by atoms with E-state index in [0.29, 0.717) is 12.2 Å². The largest absolute Gasteiger partial charge is 0.332 e. The number of carbonyl (C=O) groups is 1. The lowest BCUT2D eigenvalue weighted by Gasteiger charge is -2.04. The molecule has 0 aliphatic rings. The van der Waals surface area contributed by atoms with E-state index >= 15 is 0 Å². The molecule has 0 aliphatic carbocycles. The molecule has 3 heteroatoms. The van der Waals surface area contributed by atoms with E-state index in [1.807, 2.05) is 33.0 Å². The average molecular weight is 228 g/mol. The molecule has 0 saturated carbocycles. The molecular formula is C14H16N2O. The quantitative estimate of drug-likeness (QED) is 0.756. The molecule has 0 amide bonds. The maximum absolute atomic E-state index is 12.0. The molecule has 0 N–H and O–H groups in total. The van der Waals surface area contributed by atoms with Crippen molar-refractivity contribution in [2.24, 2.45) is 7.05 Å². The first kappa shape index (κ1) is 11.6. The van der Waals surface area contributed by atoms with Crippen molar-refractivity contribution in [1.29, 1.82) is 0 Å². The Kier molecular flexibility index (Phi) is 3.09. The predicted octanol–water partition coefficient (Wildman–Crippen LogP) is 2.46. The maximum Gasteiger partial charge on any atom is 0.202 e. The van der Waals surface area contributed by atoms with Gasteiger partial charge in [0.2, 0.25) is 5.78 Å². The lowest BCUT2D eigenvalue weighted by atomic mass is 10.0. The molecule has 88 valence electrons. The third-order valence-electron chi connectivity index (χ3n) is 2.72. The number of hydrogen-bond donors (Lipinski definition) is 0. The Hall–Kier alpha value is -1.90. The van der Waals surface area contributed by atoms with Crippen molar-refractivity contribution in [2.75, 3.05) is 0 Å². The van der Waals surface area contributed by atoms with Crippen LogP contribution >= 0.6 is 0 Å². The van der Waals surface area contributed by atoms with Crippen molar-refractivity contribution in [2.45, 2.75) is 20.3 Å². The number of benzene rings is 1. The zero-order valence-electron chi connectivity index (χ0n) is 10.4. The van der Waals surface area contributed by atoms with Crippen LogP contribution in [0.25, 0.3) is 0 Å². The number of imidazole rings is 1. The number of Topliss-reactive ketones (excluding diaryl/α,β-unsaturated/α-hetero) is 1. The first-order valence-electron chi connectivity index (χ1n) is 5.64. The fourth-order valence-electron chi connectivity index (χ4n) is 2.07. The van der Waals surface area contributed by atoms with E-state index in [-0.39, 0.29) is 5.78 Å². The number of nitrogens with zero attached hydrogens (tertiary/aromatic N) is 2. The fraction of sp³-hybridized carbons (Fsp3) is 0.286. The van der Waals surface area contributed by atoms with Crippen LogP contribution in [0.2, 0.25) is 0 Å². The molecule has 0 fully saturated rings. The van der Waals surface area contributed by atoms with Crippen LogP contribution < -0.4 is 0 Å². The molecular weight excluding hydrogens is 212 g/mol. The molecule has 1 heterocycles. The van der Waals surface area contributed by atoms with Gasteiger partial charge in [0.05, 0.1) is 0 Å². The van der Waals surface area contributed by atoms with E-state index in [0.717, 1.165) is 5.56 Å². The summed E-state index contributed by atoms with van der Waals surface area (Å²) >= 11 is 0. The highest BCUT2D eigenvalue weighted by molar-refractivity contribution is 5.94. The van der Waals surface area contributed by atoms with Gasteiger partial charge in [-0.2, -0.15) is 0 Å². The Morgan fingerprint density at radius 1 is 1.24 bits per heavy atom. The summed E-state index contributed by atoms with van der Waals surface area (Å²) in [5, 5.41) is 0. The first-order valence-corrected chi connectivity index (χ1v) is 5.64. The summed E-state index contributed by atoms with van der Waals surface area (Å²) in [6, 6.07) is 6.20. The molecule has 0 atom stereocenters. The van der Waals surface area contributed by atoms with Gasteiger partial charge in [-0.25, -0.2) is 4.98 Å². The number of ketones is 1. The van der Waals surface area contributed by atoms with Gasteiger partial charge in [0.25, 0.3) is 0 Å². The summed E-state index contributed by atoms with van der Waals surface area (Å²) < 4.78 is 1.75. The monoisotopic (exact) mass is 228 g/mol. The minimum atomic E-state index is 0.0579. The summed E-state index contributed by atoms with van der Waals surface area (Å²) in [6.07, 6.45) is 3.84. The highest BCUT2D eigenvalue weighted by Gasteiger charge is 2.11. The highest BCUT2D eigenvalue weighted by atomic mass is 16.1. The van der Waals surface area contributed by atoms with E-state index in [1.54, 1.807) is 17.0 Å². The van der Waals surface area contributed by atoms with Crippen molar-refractivity contribution in [3.8, 4) is 0 Å². The highest BCUT2D eigenvalue weighted by Crippen LogP contribution is 2.11. The van der Waals surface area contributed by atoms with Gasteiger partial charge >= 0.3 is 0 Å². The normalized spacial score (nSPS) is 10.5. The number of rotatable bonds is 3. The smallest absolute Gasteiger partial charge is 0.202 e. The van der Waals surface area contributed by atoms with Gasteiger partial charge in [-0.3, -0.25) is 4.79 Å². The molecule has 0 bridgehead atoms. The molecule has 1 aromatic heterocycles. The fourth-order valence-corrected chi connectivity index (χ4v) is 2.07. The van der Waals surface area contributed by atoms with Crippen molar-refractivity contribution < 1.29 is 4.79 Å². The van der Waals surface area contributed by atoms with Crippen molar-refractivity contribution in [1.82, 2.24) is 9.55 Å². The molecule has 0 unspecified atom stereocenters. The van der Waals surface area contributed by atoms with Crippen LogP contribution in [-0.2, 0) is 13.5 Å². The minimum absolute atomic E-state index is 0.0579. The molecule has 2 aromatic rings. The second-order valence-electron chi connectivity index (χ2n) is 4.46. The van der Waals surface area contributed by atoms with Crippen LogP contribution in [0.15, 0.2) is 30.6 Å². The molecule has 0 radical (unpaired) electrons. The zero-order chi connectivity index (χ0) is 12.4. The first-order chi connectivity index (χ1) is 8.06. The third-order valence-corrected chi connectivity index (χ3v) is 2.72. The molecule has 0 spiro atoms. The number of hydrogen-bond acceptors (Lipinski definition) is 2. The summed E-state index contributed by atoms with van der Waals surface area (Å²) in [7, 11) is 1.84. The molecule has 0 aliphatic heterocycles. The molecule has 0 saturated heterocycles. The second kappa shape index (κ2) is 4.53. The van der Waals surface area contributed by atoms with Crippen LogP contribution in [0.1, 0.15) is 27.3 Å². The maximum atomic E-state index is 12.0. The third kappa shape index (κ3) is 2.61. The average Bonchev–Trinajstić information content (AvgIpc) is 2.62. The second-order valence-corrected chi connectivity index (χ2v) is 4.46. The molecule has 17 heavy (non-hydrogen) atoms. The van der Waals surface area contributed by atoms with E-state index in [2.05, 4.69) is 11.1 Å². The van der Waals surface area contributed by atoms with Crippen molar-refractivity contribution in [3.05, 3.63) is 53.1 Å². The van der Waals surface area contributed by atoms with Crippen LogP contribution in [0.4, 0.5) is 0 Å². The van der Waals surface area contributed by atoms with Gasteiger partial charge < -0.3 is 4.57 Å². The standard InChI is InChI=1S/C14H16N2O/c1-10-6-11(2)8-12(7-10)9-13(17)14-15-4-5-16(14)3/h4-8H,9H2,1-3H3. The van der Waals surface area contributed by atoms with E-state index < -0.39 is 0 Å². The minimum Gasteiger partial charge on any atom is -0.332 e. The van der Waals surface area contributed by atoms with Crippen LogP contribution in [0.5, 0.6) is 0 Å². The SMILES string of the molecule is Cc1cc(C)cc(CC(=O)c2nccn2C)c1. The summed E-state index contributed by atoms with van der Waals surface area (Å²) in [5.41, 5.74) is 3.43. The van der Waals surface area contributed by atoms with Crippen molar-refractivity contribution in [3.63, 3.8) is 0 Å². The van der Waals surface area contributed by atoms with E-state index in [9.17, 15) is 4.79 Å². The number of aromatic nitrogens is 2. The Morgan fingerprint density at radius 2 is 1.88 bits per heavy atom. The molecule has 2 rings (SSSR count). The van der Waals surface area contributed by atoms with Gasteiger partial charge in [-0.05, 0) is 19.4 Å². The Labute approximate surface area is 101 Å². The van der Waals surface area contributed by atoms with Crippen LogP contribution in [0.3, 0.4) is 0 Å². The van der Waals surface area contributed by atoms with Gasteiger partial charge in [0, 0.05) is 25.9 Å². The molecule has 1 aromatic carbocycles. The van der Waals surface area contributed by atoms with E-state index in [1.165, 1.54) is 11.1 Å². The van der Waals surface area contributed by atoms with Crippen molar-refractivity contribution >= 4 is 5.78 Å². The topological polar surface area (TPSA) is 34.9 Å². The lowest BCUT2D eigenvalue weighted by Crippen LogP contribution is -2.10. The van der Waals surface area contributed by atoms with Gasteiger partial charge in [0.1, 0.15) is 0 Å². The summed E-state index contributed by atoms with van der Waals surface area (Å²) in [4.78, 5) is 16.1. The lowest BCUT2D eigenvalue weighted by molar-refractivity contribution is 0.0980. The Balaban J connectivity index is 2.21. The number of carbonyl (C=O) groups excluding carboxylic acids is 1. The molecule has 3 nitrogen and oxygen atoms in total. The van der Waals surface area contributed by atoms with E-state index in [4.69, 9.17) is 0 Å². The Morgan fingerprint density at radius 3 is 2.41 bits per heavy atom. The van der Waals surface area contributed by atoms with Crippen LogP contribution in [-0.4, -0.2) is 15.3 Å². The van der Waals surface area contributed by atoms with Gasteiger partial charge in [0.15, 0.2) is 5.82 Å². The van der Waals surface area contributed by atoms with Gasteiger partial charge in [-0.1, -0.05) is 29.3 Å². The summed E-state index contributed by atoms with van der Waals surface area (Å²) in [5.74, 6) is 0.576. The zero-order valence-corrected chi connectivity index (χ0v) is 10.4. The Bertz CT molecular complexity index is 535. The van der Waals surface area contributed by atoms with Crippen LogP contribution in [0, 0.1) is 13.8 Å². The van der Waals surface area contributed by atoms with Gasteiger partial charge in [-0.15, -0.1) is 0 Å².